The second-order valence-corrected chi connectivity index (χ2v) is 8.45. The summed E-state index contributed by atoms with van der Waals surface area (Å²) in [6, 6.07) is 15.0. The van der Waals surface area contributed by atoms with Crippen molar-refractivity contribution in [1.29, 1.82) is 0 Å². The molecule has 0 unspecified atom stereocenters. The number of nitroso groups, excluding NO2 is 1. The van der Waals surface area contributed by atoms with Gasteiger partial charge in [0.25, 0.3) is 0 Å². The Morgan fingerprint density at radius 2 is 1.79 bits per heavy atom. The van der Waals surface area contributed by atoms with Gasteiger partial charge in [-0.2, -0.15) is 13.2 Å². The van der Waals surface area contributed by atoms with Crippen LogP contribution in [0, 0.1) is 11.8 Å². The monoisotopic (exact) mass is 483 g/mol. The molecule has 172 valence electrons. The molecule has 1 N–H and O–H groups in total. The SMILES string of the molecule is Cc1cc(C(F)(F)F)ccc1-c1sc2cc(N=O)ccc2c1Oc1ccc(/C=C/C(=O)O)cc1. The number of benzene rings is 3. The Balaban J connectivity index is 1.80. The van der Waals surface area contributed by atoms with E-state index in [-0.39, 0.29) is 5.69 Å². The van der Waals surface area contributed by atoms with Gasteiger partial charge in [0, 0.05) is 16.2 Å². The smallest absolute Gasteiger partial charge is 0.416 e. The number of aryl methyl sites for hydroxylation is 1. The molecule has 0 saturated heterocycles. The molecule has 1 heterocycles. The van der Waals surface area contributed by atoms with Crippen LogP contribution in [0.4, 0.5) is 18.9 Å². The van der Waals surface area contributed by atoms with Crippen molar-refractivity contribution in [1.82, 2.24) is 0 Å². The minimum absolute atomic E-state index is 0.227. The molecule has 0 amide bonds. The summed E-state index contributed by atoms with van der Waals surface area (Å²) in [5.41, 5.74) is 1.14. The summed E-state index contributed by atoms with van der Waals surface area (Å²) >= 11 is 1.29. The van der Waals surface area contributed by atoms with Crippen molar-refractivity contribution in [2.75, 3.05) is 0 Å². The highest BCUT2D eigenvalue weighted by Crippen LogP contribution is 2.48. The summed E-state index contributed by atoms with van der Waals surface area (Å²) in [6.45, 7) is 1.60. The Morgan fingerprint density at radius 3 is 2.41 bits per heavy atom. The van der Waals surface area contributed by atoms with Crippen molar-refractivity contribution in [3.8, 4) is 21.9 Å². The number of fused-ring (bicyclic) bond motifs is 1. The van der Waals surface area contributed by atoms with Gasteiger partial charge in [0.2, 0.25) is 0 Å². The first-order valence-corrected chi connectivity index (χ1v) is 10.7. The highest BCUT2D eigenvalue weighted by Gasteiger charge is 2.31. The van der Waals surface area contributed by atoms with Crippen LogP contribution in [0.2, 0.25) is 0 Å². The van der Waals surface area contributed by atoms with Gasteiger partial charge in [-0.15, -0.1) is 16.2 Å². The number of hydrogen-bond acceptors (Lipinski definition) is 5. The highest BCUT2D eigenvalue weighted by molar-refractivity contribution is 7.22. The minimum Gasteiger partial charge on any atom is -0.478 e. The van der Waals surface area contributed by atoms with Crippen LogP contribution in [0.5, 0.6) is 11.5 Å². The van der Waals surface area contributed by atoms with Crippen molar-refractivity contribution >= 4 is 39.2 Å². The summed E-state index contributed by atoms with van der Waals surface area (Å²) in [6.07, 6.45) is -1.99. The fourth-order valence-electron chi connectivity index (χ4n) is 3.42. The number of carboxylic acid groups (broad SMARTS) is 1. The standard InChI is InChI=1S/C25H16F3NO4S/c1-14-12-16(25(26,27)28)5-9-19(14)24-23(20-10-6-17(29-32)13-21(20)34-24)33-18-7-2-15(3-8-18)4-11-22(30)31/h2-13H,1H3,(H,30,31)/b11-4+. The van der Waals surface area contributed by atoms with E-state index in [9.17, 15) is 22.9 Å². The lowest BCUT2D eigenvalue weighted by Crippen LogP contribution is -2.05. The summed E-state index contributed by atoms with van der Waals surface area (Å²) in [5.74, 6) is -0.171. The first-order valence-electron chi connectivity index (χ1n) is 9.93. The van der Waals surface area contributed by atoms with Gasteiger partial charge >= 0.3 is 12.1 Å². The van der Waals surface area contributed by atoms with Crippen LogP contribution in [0.1, 0.15) is 16.7 Å². The number of alkyl halides is 3. The summed E-state index contributed by atoms with van der Waals surface area (Å²) in [4.78, 5) is 22.3. The third kappa shape index (κ3) is 4.84. The predicted octanol–water partition coefficient (Wildman–Crippen LogP) is 8.18. The zero-order valence-electron chi connectivity index (χ0n) is 17.6. The lowest BCUT2D eigenvalue weighted by atomic mass is 10.0. The van der Waals surface area contributed by atoms with E-state index in [2.05, 4.69) is 5.18 Å². The predicted molar refractivity (Wildman–Crippen MR) is 126 cm³/mol. The second kappa shape index (κ2) is 9.11. The molecular formula is C25H16F3NO4S. The normalized spacial score (nSPS) is 11.8. The first-order chi connectivity index (χ1) is 16.2. The molecule has 0 radical (unpaired) electrons. The number of carbonyl (C=O) groups is 1. The van der Waals surface area contributed by atoms with E-state index in [1.807, 2.05) is 0 Å². The molecule has 9 heteroatoms. The number of rotatable bonds is 6. The van der Waals surface area contributed by atoms with Crippen LogP contribution in [-0.4, -0.2) is 11.1 Å². The van der Waals surface area contributed by atoms with Crippen molar-refractivity contribution in [3.05, 3.63) is 88.3 Å². The molecule has 5 nitrogen and oxygen atoms in total. The molecular weight excluding hydrogens is 467 g/mol. The topological polar surface area (TPSA) is 76.0 Å². The van der Waals surface area contributed by atoms with Crippen LogP contribution in [-0.2, 0) is 11.0 Å². The highest BCUT2D eigenvalue weighted by atomic mass is 32.1. The number of halogens is 3. The van der Waals surface area contributed by atoms with E-state index < -0.39 is 17.7 Å². The van der Waals surface area contributed by atoms with Crippen molar-refractivity contribution in [2.24, 2.45) is 5.18 Å². The number of carboxylic acids is 1. The van der Waals surface area contributed by atoms with Gasteiger partial charge in [-0.05, 0) is 77.3 Å². The number of ether oxygens (including phenoxy) is 1. The quantitative estimate of drug-likeness (QED) is 0.222. The van der Waals surface area contributed by atoms with Gasteiger partial charge in [-0.3, -0.25) is 0 Å². The summed E-state index contributed by atoms with van der Waals surface area (Å²) in [5, 5.41) is 12.4. The molecule has 3 aromatic carbocycles. The van der Waals surface area contributed by atoms with Crippen molar-refractivity contribution in [3.63, 3.8) is 0 Å². The third-order valence-corrected chi connectivity index (χ3v) is 6.22. The van der Waals surface area contributed by atoms with Crippen LogP contribution < -0.4 is 4.74 Å². The van der Waals surface area contributed by atoms with Gasteiger partial charge in [0.1, 0.15) is 11.4 Å². The molecule has 34 heavy (non-hydrogen) atoms. The van der Waals surface area contributed by atoms with E-state index in [0.717, 1.165) is 18.2 Å². The van der Waals surface area contributed by atoms with E-state index in [1.165, 1.54) is 29.5 Å². The molecule has 0 aliphatic heterocycles. The summed E-state index contributed by atoms with van der Waals surface area (Å²) < 4.78 is 46.3. The van der Waals surface area contributed by atoms with Gasteiger partial charge in [0.15, 0.2) is 5.75 Å². The molecule has 0 bridgehead atoms. The Morgan fingerprint density at radius 1 is 1.06 bits per heavy atom. The Labute approximate surface area is 195 Å². The Hall–Kier alpha value is -3.98. The fraction of sp³-hybridized carbons (Fsp3) is 0.0800. The Kier molecular flexibility index (Phi) is 6.21. The lowest BCUT2D eigenvalue weighted by Gasteiger charge is -2.12. The maximum absolute atomic E-state index is 13.2. The maximum Gasteiger partial charge on any atom is 0.416 e. The van der Waals surface area contributed by atoms with Crippen LogP contribution >= 0.6 is 11.3 Å². The largest absolute Gasteiger partial charge is 0.478 e. The molecule has 0 aliphatic carbocycles. The van der Waals surface area contributed by atoms with Gasteiger partial charge in [-0.25, -0.2) is 4.79 Å². The second-order valence-electron chi connectivity index (χ2n) is 7.40. The Bertz CT molecular complexity index is 1420. The molecule has 4 aromatic rings. The van der Waals surface area contributed by atoms with Gasteiger partial charge in [0.05, 0.1) is 10.4 Å². The average molecular weight is 483 g/mol. The molecule has 0 saturated carbocycles. The average Bonchev–Trinajstić information content (AvgIpc) is 3.15. The fourth-order valence-corrected chi connectivity index (χ4v) is 4.68. The van der Waals surface area contributed by atoms with Crippen LogP contribution in [0.15, 0.2) is 71.9 Å². The zero-order chi connectivity index (χ0) is 24.5. The summed E-state index contributed by atoms with van der Waals surface area (Å²) in [7, 11) is 0. The molecule has 1 aromatic heterocycles. The molecule has 0 atom stereocenters. The van der Waals surface area contributed by atoms with Gasteiger partial charge < -0.3 is 9.84 Å². The first kappa shape index (κ1) is 23.2. The lowest BCUT2D eigenvalue weighted by molar-refractivity contribution is -0.137. The van der Waals surface area contributed by atoms with E-state index in [1.54, 1.807) is 43.3 Å². The molecule has 0 spiro atoms. The molecule has 0 aliphatic rings. The number of thiophene rings is 1. The molecule has 0 fully saturated rings. The zero-order valence-corrected chi connectivity index (χ0v) is 18.4. The van der Waals surface area contributed by atoms with Gasteiger partial charge in [-0.1, -0.05) is 18.2 Å². The number of aliphatic carboxylic acids is 1. The minimum atomic E-state index is -4.45. The number of hydrogen-bond donors (Lipinski definition) is 1. The van der Waals surface area contributed by atoms with Crippen molar-refractivity contribution in [2.45, 2.75) is 13.1 Å². The molecule has 4 rings (SSSR count). The van der Waals surface area contributed by atoms with Crippen molar-refractivity contribution < 1.29 is 27.8 Å². The van der Waals surface area contributed by atoms with Crippen LogP contribution in [0.3, 0.4) is 0 Å². The van der Waals surface area contributed by atoms with E-state index >= 15 is 0 Å². The maximum atomic E-state index is 13.2. The van der Waals surface area contributed by atoms with E-state index in [0.29, 0.717) is 43.2 Å². The number of nitrogens with zero attached hydrogens (tertiary/aromatic N) is 1. The van der Waals surface area contributed by atoms with Crippen LogP contribution in [0.25, 0.3) is 26.6 Å². The van der Waals surface area contributed by atoms with E-state index in [4.69, 9.17) is 9.84 Å². The third-order valence-electron chi connectivity index (χ3n) is 5.05.